The van der Waals surface area contributed by atoms with Crippen molar-refractivity contribution in [3.8, 4) is 0 Å². The molecule has 100 valence electrons. The van der Waals surface area contributed by atoms with E-state index in [0.29, 0.717) is 12.1 Å². The second kappa shape index (κ2) is 5.06. The van der Waals surface area contributed by atoms with Gasteiger partial charge in [-0.1, -0.05) is 24.3 Å². The van der Waals surface area contributed by atoms with Gasteiger partial charge in [0, 0.05) is 18.0 Å². The maximum absolute atomic E-state index is 4.74. The maximum Gasteiger partial charge on any atom is 0.0898 e. The SMILES string of the molecule is Cc1nc(C2c3ccccc3CCN2C(C)C)cs1. The van der Waals surface area contributed by atoms with Crippen molar-refractivity contribution in [2.24, 2.45) is 0 Å². The lowest BCUT2D eigenvalue weighted by Crippen LogP contribution is -2.40. The molecule has 2 nitrogen and oxygen atoms in total. The zero-order chi connectivity index (χ0) is 13.4. The summed E-state index contributed by atoms with van der Waals surface area (Å²) in [5.41, 5.74) is 4.13. The van der Waals surface area contributed by atoms with E-state index in [0.717, 1.165) is 18.0 Å². The van der Waals surface area contributed by atoms with E-state index in [-0.39, 0.29) is 0 Å². The Labute approximate surface area is 119 Å². The molecule has 1 aliphatic rings. The third-order valence-corrected chi connectivity index (χ3v) is 4.69. The molecule has 19 heavy (non-hydrogen) atoms. The number of hydrogen-bond donors (Lipinski definition) is 0. The highest BCUT2D eigenvalue weighted by Gasteiger charge is 2.31. The number of fused-ring (bicyclic) bond motifs is 1. The first-order valence-electron chi connectivity index (χ1n) is 6.92. The van der Waals surface area contributed by atoms with Crippen LogP contribution in [0.25, 0.3) is 0 Å². The standard InChI is InChI=1S/C16H20N2S/c1-11(2)18-9-8-13-6-4-5-7-14(13)16(18)15-10-19-12(3)17-15/h4-7,10-11,16H,8-9H2,1-3H3. The Morgan fingerprint density at radius 2 is 2.11 bits per heavy atom. The second-order valence-corrected chi connectivity index (χ2v) is 6.54. The zero-order valence-corrected chi connectivity index (χ0v) is 12.6. The van der Waals surface area contributed by atoms with Gasteiger partial charge in [-0.05, 0) is 38.3 Å². The number of thiazole rings is 1. The molecule has 0 radical (unpaired) electrons. The number of nitrogens with zero attached hydrogens (tertiary/aromatic N) is 2. The minimum atomic E-state index is 0.329. The summed E-state index contributed by atoms with van der Waals surface area (Å²) in [7, 11) is 0. The van der Waals surface area contributed by atoms with Crippen LogP contribution in [-0.4, -0.2) is 22.5 Å². The second-order valence-electron chi connectivity index (χ2n) is 5.47. The highest BCUT2D eigenvalue weighted by Crippen LogP contribution is 2.36. The Morgan fingerprint density at radius 1 is 1.32 bits per heavy atom. The van der Waals surface area contributed by atoms with Crippen molar-refractivity contribution in [2.45, 2.75) is 39.3 Å². The first-order chi connectivity index (χ1) is 9.16. The molecule has 1 atom stereocenters. The molecule has 1 aromatic heterocycles. The quantitative estimate of drug-likeness (QED) is 0.826. The van der Waals surface area contributed by atoms with Gasteiger partial charge >= 0.3 is 0 Å². The first kappa shape index (κ1) is 12.8. The fourth-order valence-electron chi connectivity index (χ4n) is 2.98. The van der Waals surface area contributed by atoms with Crippen LogP contribution in [-0.2, 0) is 6.42 Å². The largest absolute Gasteiger partial charge is 0.288 e. The van der Waals surface area contributed by atoms with Gasteiger partial charge in [-0.2, -0.15) is 0 Å². The summed E-state index contributed by atoms with van der Waals surface area (Å²) >= 11 is 1.75. The molecule has 0 fully saturated rings. The molecule has 0 N–H and O–H groups in total. The molecule has 1 unspecified atom stereocenters. The minimum absolute atomic E-state index is 0.329. The fraction of sp³-hybridized carbons (Fsp3) is 0.438. The van der Waals surface area contributed by atoms with Crippen LogP contribution in [0, 0.1) is 6.92 Å². The molecule has 3 rings (SSSR count). The van der Waals surface area contributed by atoms with E-state index in [4.69, 9.17) is 4.98 Å². The van der Waals surface area contributed by atoms with Crippen molar-refractivity contribution in [1.82, 2.24) is 9.88 Å². The van der Waals surface area contributed by atoms with Crippen LogP contribution in [0.15, 0.2) is 29.6 Å². The van der Waals surface area contributed by atoms with Crippen LogP contribution in [0.2, 0.25) is 0 Å². The molecule has 2 aromatic rings. The number of benzene rings is 1. The maximum atomic E-state index is 4.74. The monoisotopic (exact) mass is 272 g/mol. The van der Waals surface area contributed by atoms with Crippen LogP contribution in [0.3, 0.4) is 0 Å². The van der Waals surface area contributed by atoms with Crippen molar-refractivity contribution in [2.75, 3.05) is 6.54 Å². The summed E-state index contributed by atoms with van der Waals surface area (Å²) in [6.45, 7) is 7.76. The summed E-state index contributed by atoms with van der Waals surface area (Å²) in [4.78, 5) is 7.31. The van der Waals surface area contributed by atoms with Crippen molar-refractivity contribution in [3.63, 3.8) is 0 Å². The van der Waals surface area contributed by atoms with E-state index in [1.165, 1.54) is 16.8 Å². The highest BCUT2D eigenvalue weighted by atomic mass is 32.1. The van der Waals surface area contributed by atoms with E-state index in [2.05, 4.69) is 55.3 Å². The third kappa shape index (κ3) is 2.33. The highest BCUT2D eigenvalue weighted by molar-refractivity contribution is 7.09. The molecule has 3 heteroatoms. The molecule has 0 saturated carbocycles. The van der Waals surface area contributed by atoms with Crippen molar-refractivity contribution in [1.29, 1.82) is 0 Å². The van der Waals surface area contributed by atoms with Gasteiger partial charge in [0.05, 0.1) is 16.7 Å². The van der Waals surface area contributed by atoms with Gasteiger partial charge in [-0.15, -0.1) is 11.3 Å². The van der Waals surface area contributed by atoms with Gasteiger partial charge in [-0.3, -0.25) is 4.90 Å². The van der Waals surface area contributed by atoms with Crippen LogP contribution in [0.4, 0.5) is 0 Å². The molecular formula is C16H20N2S. The summed E-state index contributed by atoms with van der Waals surface area (Å²) in [5, 5.41) is 3.37. The molecular weight excluding hydrogens is 252 g/mol. The lowest BCUT2D eigenvalue weighted by atomic mass is 9.90. The molecule has 0 saturated heterocycles. The lowest BCUT2D eigenvalue weighted by molar-refractivity contribution is 0.165. The minimum Gasteiger partial charge on any atom is -0.288 e. The van der Waals surface area contributed by atoms with Gasteiger partial charge in [0.2, 0.25) is 0 Å². The van der Waals surface area contributed by atoms with Gasteiger partial charge in [-0.25, -0.2) is 4.98 Å². The average Bonchev–Trinajstić information content (AvgIpc) is 2.83. The molecule has 1 aromatic carbocycles. The molecule has 0 aliphatic carbocycles. The van der Waals surface area contributed by atoms with Gasteiger partial charge in [0.15, 0.2) is 0 Å². The van der Waals surface area contributed by atoms with E-state index in [1.54, 1.807) is 11.3 Å². The number of aryl methyl sites for hydroxylation is 1. The Balaban J connectivity index is 2.09. The predicted octanol–water partition coefficient (Wildman–Crippen LogP) is 3.81. The van der Waals surface area contributed by atoms with Crippen LogP contribution >= 0.6 is 11.3 Å². The van der Waals surface area contributed by atoms with E-state index >= 15 is 0 Å². The average molecular weight is 272 g/mol. The zero-order valence-electron chi connectivity index (χ0n) is 11.8. The summed E-state index contributed by atoms with van der Waals surface area (Å²) in [6, 6.07) is 9.69. The lowest BCUT2D eigenvalue weighted by Gasteiger charge is -2.39. The van der Waals surface area contributed by atoms with Crippen molar-refractivity contribution in [3.05, 3.63) is 51.5 Å². The number of aromatic nitrogens is 1. The Bertz CT molecular complexity index is 574. The van der Waals surface area contributed by atoms with E-state index in [9.17, 15) is 0 Å². The molecule has 0 bridgehead atoms. The number of rotatable bonds is 2. The Kier molecular flexibility index (Phi) is 3.42. The molecule has 2 heterocycles. The molecule has 0 amide bonds. The fourth-order valence-corrected chi connectivity index (χ4v) is 3.61. The van der Waals surface area contributed by atoms with E-state index < -0.39 is 0 Å². The Hall–Kier alpha value is -1.19. The summed E-state index contributed by atoms with van der Waals surface area (Å²) in [5.74, 6) is 0. The summed E-state index contributed by atoms with van der Waals surface area (Å²) < 4.78 is 0. The normalized spacial score (nSPS) is 19.7. The van der Waals surface area contributed by atoms with Crippen molar-refractivity contribution < 1.29 is 0 Å². The van der Waals surface area contributed by atoms with Crippen LogP contribution in [0.1, 0.15) is 41.7 Å². The van der Waals surface area contributed by atoms with Gasteiger partial charge < -0.3 is 0 Å². The van der Waals surface area contributed by atoms with Gasteiger partial charge in [0.1, 0.15) is 0 Å². The molecule has 0 spiro atoms. The Morgan fingerprint density at radius 3 is 2.79 bits per heavy atom. The number of hydrogen-bond acceptors (Lipinski definition) is 3. The smallest absolute Gasteiger partial charge is 0.0898 e. The van der Waals surface area contributed by atoms with Crippen molar-refractivity contribution >= 4 is 11.3 Å². The summed E-state index contributed by atoms with van der Waals surface area (Å²) in [6.07, 6.45) is 1.15. The first-order valence-corrected chi connectivity index (χ1v) is 7.80. The predicted molar refractivity (Wildman–Crippen MR) is 80.7 cm³/mol. The third-order valence-electron chi connectivity index (χ3n) is 3.90. The van der Waals surface area contributed by atoms with Crippen LogP contribution < -0.4 is 0 Å². The van der Waals surface area contributed by atoms with E-state index in [1.807, 2.05) is 0 Å². The van der Waals surface area contributed by atoms with Crippen LogP contribution in [0.5, 0.6) is 0 Å². The molecule has 1 aliphatic heterocycles. The topological polar surface area (TPSA) is 16.1 Å². The van der Waals surface area contributed by atoms with Gasteiger partial charge in [0.25, 0.3) is 0 Å².